The number of alkyl carbamates (subject to hydrolysis) is 1. The third-order valence-corrected chi connectivity index (χ3v) is 7.41. The number of carboxylic acid groups (broad SMARTS) is 1. The third-order valence-electron chi connectivity index (χ3n) is 7.41. The van der Waals surface area contributed by atoms with Gasteiger partial charge < -0.3 is 20.1 Å². The van der Waals surface area contributed by atoms with Crippen molar-refractivity contribution in [1.29, 1.82) is 0 Å². The van der Waals surface area contributed by atoms with Crippen LogP contribution in [0.4, 0.5) is 4.79 Å². The van der Waals surface area contributed by atoms with Gasteiger partial charge in [-0.25, -0.2) is 9.59 Å². The van der Waals surface area contributed by atoms with Crippen molar-refractivity contribution in [3.63, 3.8) is 0 Å². The van der Waals surface area contributed by atoms with E-state index in [0.717, 1.165) is 35.1 Å². The molecule has 0 spiro atoms. The second kappa shape index (κ2) is 10.5. The van der Waals surface area contributed by atoms with Crippen molar-refractivity contribution < 1.29 is 24.2 Å². The van der Waals surface area contributed by atoms with Gasteiger partial charge in [0.15, 0.2) is 0 Å². The molecule has 2 N–H and O–H groups in total. The van der Waals surface area contributed by atoms with Crippen molar-refractivity contribution >= 4 is 18.0 Å². The second-order valence-corrected chi connectivity index (χ2v) is 9.88. The van der Waals surface area contributed by atoms with Crippen LogP contribution < -0.4 is 5.32 Å². The van der Waals surface area contributed by atoms with E-state index in [2.05, 4.69) is 17.4 Å². The van der Waals surface area contributed by atoms with Crippen molar-refractivity contribution in [1.82, 2.24) is 10.2 Å². The molecule has 1 saturated heterocycles. The zero-order valence-electron chi connectivity index (χ0n) is 20.6. The maximum Gasteiger partial charge on any atom is 0.407 e. The quantitative estimate of drug-likeness (QED) is 0.604. The molecular formula is C28H34N2O5. The lowest BCUT2D eigenvalue weighted by molar-refractivity contribution is -0.154. The summed E-state index contributed by atoms with van der Waals surface area (Å²) in [5.41, 5.74) is 4.51. The predicted octanol–water partition coefficient (Wildman–Crippen LogP) is 4.65. The summed E-state index contributed by atoms with van der Waals surface area (Å²) in [4.78, 5) is 39.5. The molecule has 1 aliphatic carbocycles. The van der Waals surface area contributed by atoms with Crippen molar-refractivity contribution in [3.05, 3.63) is 59.7 Å². The first kappa shape index (κ1) is 24.8. The molecule has 4 rings (SSSR count). The van der Waals surface area contributed by atoms with Crippen LogP contribution >= 0.6 is 0 Å². The highest BCUT2D eigenvalue weighted by Crippen LogP contribution is 2.44. The average molecular weight is 479 g/mol. The Morgan fingerprint density at radius 1 is 1.06 bits per heavy atom. The highest BCUT2D eigenvalue weighted by Gasteiger charge is 2.40. The van der Waals surface area contributed by atoms with E-state index in [4.69, 9.17) is 4.74 Å². The number of nitrogens with zero attached hydrogens (tertiary/aromatic N) is 1. The summed E-state index contributed by atoms with van der Waals surface area (Å²) >= 11 is 0. The van der Waals surface area contributed by atoms with Crippen molar-refractivity contribution in [2.24, 2.45) is 11.8 Å². The smallest absolute Gasteiger partial charge is 0.407 e. The number of carboxylic acids is 1. The number of amides is 2. The van der Waals surface area contributed by atoms with E-state index < -0.39 is 24.1 Å². The van der Waals surface area contributed by atoms with Gasteiger partial charge in [0.2, 0.25) is 5.91 Å². The van der Waals surface area contributed by atoms with Gasteiger partial charge in [-0.3, -0.25) is 4.79 Å². The first-order chi connectivity index (χ1) is 16.8. The summed E-state index contributed by atoms with van der Waals surface area (Å²) in [7, 11) is 0. The number of likely N-dealkylation sites (tertiary alicyclic amines) is 1. The first-order valence-corrected chi connectivity index (χ1v) is 12.5. The molecule has 3 atom stereocenters. The van der Waals surface area contributed by atoms with Gasteiger partial charge in [0.05, 0.1) is 0 Å². The number of aliphatic carboxylic acids is 1. The molecule has 0 saturated carbocycles. The van der Waals surface area contributed by atoms with E-state index in [0.29, 0.717) is 13.0 Å². The Labute approximate surface area is 206 Å². The predicted molar refractivity (Wildman–Crippen MR) is 133 cm³/mol. The molecule has 1 aliphatic heterocycles. The SMILES string of the molecule is CCC1CCN(C(=O)[C@@H](NC(=O)OCC2c3ccccc3-c3ccccc32)C(C)C)C(C(=O)O)C1. The minimum Gasteiger partial charge on any atom is -0.480 e. The molecular weight excluding hydrogens is 444 g/mol. The Hall–Kier alpha value is -3.35. The van der Waals surface area contributed by atoms with Crippen LogP contribution in [0.2, 0.25) is 0 Å². The van der Waals surface area contributed by atoms with E-state index in [1.807, 2.05) is 57.2 Å². The Morgan fingerprint density at radius 2 is 1.66 bits per heavy atom. The van der Waals surface area contributed by atoms with Crippen molar-refractivity contribution in [3.8, 4) is 11.1 Å². The third kappa shape index (κ3) is 5.04. The van der Waals surface area contributed by atoms with Crippen LogP contribution in [0.15, 0.2) is 48.5 Å². The fourth-order valence-corrected chi connectivity index (χ4v) is 5.37. The Kier molecular flexibility index (Phi) is 7.43. The fourth-order valence-electron chi connectivity index (χ4n) is 5.37. The van der Waals surface area contributed by atoms with Crippen LogP contribution in [-0.2, 0) is 14.3 Å². The molecule has 2 aliphatic rings. The zero-order valence-corrected chi connectivity index (χ0v) is 20.6. The van der Waals surface area contributed by atoms with Gasteiger partial charge >= 0.3 is 12.1 Å². The summed E-state index contributed by atoms with van der Waals surface area (Å²) in [6.45, 7) is 6.24. The number of hydrogen-bond acceptors (Lipinski definition) is 4. The van der Waals surface area contributed by atoms with Gasteiger partial charge in [0, 0.05) is 12.5 Å². The summed E-state index contributed by atoms with van der Waals surface area (Å²) < 4.78 is 5.63. The van der Waals surface area contributed by atoms with E-state index >= 15 is 0 Å². The standard InChI is InChI=1S/C28H34N2O5/c1-4-18-13-14-30(24(15-18)27(32)33)26(31)25(17(2)3)29-28(34)35-16-23-21-11-7-5-9-19(21)20-10-6-8-12-22(20)23/h5-12,17-18,23-25H,4,13-16H2,1-3H3,(H,29,34)(H,32,33)/t18?,24?,25-/m0/s1. The number of carbonyl (C=O) groups is 3. The van der Waals surface area contributed by atoms with Crippen molar-refractivity contribution in [2.45, 2.75) is 58.0 Å². The van der Waals surface area contributed by atoms with Crippen molar-refractivity contribution in [2.75, 3.05) is 13.2 Å². The molecule has 2 aromatic rings. The lowest BCUT2D eigenvalue weighted by atomic mass is 9.88. The topological polar surface area (TPSA) is 95.9 Å². The van der Waals surface area contributed by atoms with E-state index in [9.17, 15) is 19.5 Å². The number of hydrogen-bond donors (Lipinski definition) is 2. The Bertz CT molecular complexity index is 1050. The highest BCUT2D eigenvalue weighted by molar-refractivity contribution is 5.89. The largest absolute Gasteiger partial charge is 0.480 e. The molecule has 2 amide bonds. The molecule has 0 aromatic heterocycles. The molecule has 0 radical (unpaired) electrons. The number of nitrogens with one attached hydrogen (secondary N) is 1. The number of fused-ring (bicyclic) bond motifs is 3. The molecule has 2 unspecified atom stereocenters. The molecule has 35 heavy (non-hydrogen) atoms. The monoisotopic (exact) mass is 478 g/mol. The minimum absolute atomic E-state index is 0.0779. The van der Waals surface area contributed by atoms with Crippen LogP contribution in [-0.4, -0.2) is 53.2 Å². The second-order valence-electron chi connectivity index (χ2n) is 9.88. The Morgan fingerprint density at radius 3 is 2.20 bits per heavy atom. The number of ether oxygens (including phenoxy) is 1. The van der Waals surface area contributed by atoms with Crippen LogP contribution in [0.3, 0.4) is 0 Å². The summed E-state index contributed by atoms with van der Waals surface area (Å²) in [5.74, 6) is -1.38. The van der Waals surface area contributed by atoms with E-state index in [-0.39, 0.29) is 30.3 Å². The summed E-state index contributed by atoms with van der Waals surface area (Å²) in [5, 5.41) is 12.5. The number of piperidine rings is 1. The van der Waals surface area contributed by atoms with Crippen LogP contribution in [0.1, 0.15) is 57.1 Å². The van der Waals surface area contributed by atoms with Gasteiger partial charge in [-0.1, -0.05) is 75.7 Å². The first-order valence-electron chi connectivity index (χ1n) is 12.5. The summed E-state index contributed by atoms with van der Waals surface area (Å²) in [6.07, 6.45) is 1.42. The highest BCUT2D eigenvalue weighted by atomic mass is 16.5. The van der Waals surface area contributed by atoms with Crippen LogP contribution in [0, 0.1) is 11.8 Å². The molecule has 1 fully saturated rings. The van der Waals surface area contributed by atoms with Crippen LogP contribution in [0.5, 0.6) is 0 Å². The molecule has 0 bridgehead atoms. The number of benzene rings is 2. The Balaban J connectivity index is 1.44. The van der Waals surface area contributed by atoms with Gasteiger partial charge in [-0.15, -0.1) is 0 Å². The van der Waals surface area contributed by atoms with Gasteiger partial charge in [-0.05, 0) is 46.9 Å². The van der Waals surface area contributed by atoms with E-state index in [1.165, 1.54) is 4.90 Å². The minimum atomic E-state index is -1.000. The van der Waals surface area contributed by atoms with Gasteiger partial charge in [0.25, 0.3) is 0 Å². The lowest BCUT2D eigenvalue weighted by Gasteiger charge is -2.39. The normalized spacial score (nSPS) is 20.2. The molecule has 186 valence electrons. The molecule has 2 aromatic carbocycles. The molecule has 1 heterocycles. The number of rotatable bonds is 7. The van der Waals surface area contributed by atoms with Gasteiger partial charge in [0.1, 0.15) is 18.7 Å². The van der Waals surface area contributed by atoms with E-state index in [1.54, 1.807) is 0 Å². The molecule has 7 nitrogen and oxygen atoms in total. The zero-order chi connectivity index (χ0) is 25.1. The lowest BCUT2D eigenvalue weighted by Crippen LogP contribution is -2.58. The number of carbonyl (C=O) groups excluding carboxylic acids is 2. The maximum atomic E-state index is 13.4. The summed E-state index contributed by atoms with van der Waals surface area (Å²) in [6, 6.07) is 14.5. The maximum absolute atomic E-state index is 13.4. The van der Waals surface area contributed by atoms with Crippen LogP contribution in [0.25, 0.3) is 11.1 Å². The molecule has 7 heteroatoms. The average Bonchev–Trinajstić information content (AvgIpc) is 3.18. The van der Waals surface area contributed by atoms with Gasteiger partial charge in [-0.2, -0.15) is 0 Å². The fraction of sp³-hybridized carbons (Fsp3) is 0.464.